The summed E-state index contributed by atoms with van der Waals surface area (Å²) in [6, 6.07) is 1.83. The molecule has 0 N–H and O–H groups in total. The van der Waals surface area contributed by atoms with Crippen molar-refractivity contribution in [1.82, 2.24) is 9.47 Å². The van der Waals surface area contributed by atoms with E-state index in [0.717, 1.165) is 30.2 Å². The Morgan fingerprint density at radius 3 is 2.83 bits per heavy atom. The third kappa shape index (κ3) is 4.37. The highest BCUT2D eigenvalue weighted by molar-refractivity contribution is 8.03. The number of nitrogens with zero attached hydrogens (tertiary/aromatic N) is 3. The second-order valence-corrected chi connectivity index (χ2v) is 7.52. The second kappa shape index (κ2) is 7.24. The number of piperidine rings is 1. The van der Waals surface area contributed by atoms with E-state index in [0.29, 0.717) is 43.3 Å². The zero-order chi connectivity index (χ0) is 17.2. The number of pyridine rings is 1. The molecule has 7 heteroatoms. The fourth-order valence-corrected chi connectivity index (χ4v) is 3.76. The van der Waals surface area contributed by atoms with Gasteiger partial charge in [0.05, 0.1) is 11.4 Å². The first kappa shape index (κ1) is 17.4. The van der Waals surface area contributed by atoms with Crippen LogP contribution in [-0.4, -0.2) is 35.0 Å². The highest BCUT2D eigenvalue weighted by atomic mass is 32.2. The minimum atomic E-state index is -2.59. The number of aryl methyl sites for hydroxylation is 1. The lowest BCUT2D eigenvalue weighted by Crippen LogP contribution is -2.43. The number of hydrogen-bond donors (Lipinski definition) is 0. The summed E-state index contributed by atoms with van der Waals surface area (Å²) in [4.78, 5) is 14.6. The van der Waals surface area contributed by atoms with Crippen molar-refractivity contribution in [2.75, 3.05) is 19.6 Å². The van der Waals surface area contributed by atoms with Gasteiger partial charge in [0.2, 0.25) is 0 Å². The average Bonchev–Trinajstić information content (AvgIpc) is 3.35. The molecule has 1 aromatic rings. The molecule has 0 spiro atoms. The Kier molecular flexibility index (Phi) is 5.26. The molecule has 0 aromatic carbocycles. The van der Waals surface area contributed by atoms with E-state index in [1.807, 2.05) is 17.7 Å². The van der Waals surface area contributed by atoms with Crippen LogP contribution in [-0.2, 0) is 6.54 Å². The molecule has 0 unspecified atom stereocenters. The van der Waals surface area contributed by atoms with Gasteiger partial charge in [0.15, 0.2) is 0 Å². The summed E-state index contributed by atoms with van der Waals surface area (Å²) in [6.45, 7) is 1.58. The topological polar surface area (TPSA) is 49.0 Å². The smallest absolute Gasteiger partial charge is 0.265 e. The van der Waals surface area contributed by atoms with E-state index < -0.39 is 5.92 Å². The highest BCUT2D eigenvalue weighted by Gasteiger charge is 2.34. The molecule has 24 heavy (non-hydrogen) atoms. The van der Waals surface area contributed by atoms with Gasteiger partial charge < -0.3 is 4.57 Å². The Bertz CT molecular complexity index is 694. The number of aromatic nitrogens is 1. The van der Waals surface area contributed by atoms with Crippen molar-refractivity contribution in [3.8, 4) is 5.40 Å². The molecule has 1 saturated carbocycles. The fourth-order valence-electron chi connectivity index (χ4n) is 3.26. The Labute approximate surface area is 144 Å². The maximum atomic E-state index is 13.4. The molecule has 3 rings (SSSR count). The van der Waals surface area contributed by atoms with Crippen molar-refractivity contribution in [3.05, 3.63) is 28.2 Å². The van der Waals surface area contributed by atoms with Crippen LogP contribution in [0.1, 0.15) is 43.6 Å². The Morgan fingerprint density at radius 1 is 1.38 bits per heavy atom. The average molecular weight is 353 g/mol. The number of thioether (sulfide) groups is 1. The monoisotopic (exact) mass is 353 g/mol. The van der Waals surface area contributed by atoms with Crippen molar-refractivity contribution in [3.63, 3.8) is 0 Å². The van der Waals surface area contributed by atoms with Crippen LogP contribution in [0, 0.1) is 10.7 Å². The summed E-state index contributed by atoms with van der Waals surface area (Å²) in [7, 11) is 0. The number of likely N-dealkylation sites (tertiary alicyclic amines) is 1. The molecule has 4 nitrogen and oxygen atoms in total. The van der Waals surface area contributed by atoms with Crippen molar-refractivity contribution in [2.45, 2.75) is 55.4 Å². The van der Waals surface area contributed by atoms with Gasteiger partial charge in [-0.1, -0.05) is 0 Å². The third-order valence-electron chi connectivity index (χ3n) is 4.62. The molecule has 0 radical (unpaired) electrons. The van der Waals surface area contributed by atoms with Crippen LogP contribution in [0.15, 0.2) is 22.0 Å². The molecule has 1 aliphatic carbocycles. The minimum Gasteiger partial charge on any atom is -0.314 e. The van der Waals surface area contributed by atoms with E-state index in [9.17, 15) is 13.6 Å². The maximum Gasteiger partial charge on any atom is 0.265 e. The summed E-state index contributed by atoms with van der Waals surface area (Å²) in [5.41, 5.74) is 0.951. The number of nitriles is 1. The van der Waals surface area contributed by atoms with Crippen LogP contribution in [0.3, 0.4) is 0 Å². The molecular formula is C17H21F2N3OS. The van der Waals surface area contributed by atoms with E-state index in [2.05, 4.69) is 0 Å². The predicted molar refractivity (Wildman–Crippen MR) is 89.4 cm³/mol. The molecule has 0 atom stereocenters. The number of thiocyanates is 1. The zero-order valence-corrected chi connectivity index (χ0v) is 14.3. The van der Waals surface area contributed by atoms with E-state index in [-0.39, 0.29) is 18.5 Å². The maximum absolute atomic E-state index is 13.4. The zero-order valence-electron chi connectivity index (χ0n) is 13.5. The number of halogens is 2. The van der Waals surface area contributed by atoms with Crippen LogP contribution in [0.2, 0.25) is 0 Å². The molecule has 2 heterocycles. The van der Waals surface area contributed by atoms with Crippen LogP contribution in [0.5, 0.6) is 0 Å². The molecule has 2 aliphatic rings. The second-order valence-electron chi connectivity index (χ2n) is 6.69. The van der Waals surface area contributed by atoms with Gasteiger partial charge >= 0.3 is 0 Å². The first-order valence-electron chi connectivity index (χ1n) is 8.39. The Hall–Kier alpha value is -1.39. The van der Waals surface area contributed by atoms with Gasteiger partial charge in [-0.2, -0.15) is 5.26 Å². The van der Waals surface area contributed by atoms with Crippen molar-refractivity contribution in [1.29, 1.82) is 5.26 Å². The van der Waals surface area contributed by atoms with Gasteiger partial charge in [-0.15, -0.1) is 0 Å². The summed E-state index contributed by atoms with van der Waals surface area (Å²) < 4.78 is 28.5. The first-order chi connectivity index (χ1) is 11.5. The Morgan fingerprint density at radius 2 is 2.17 bits per heavy atom. The quantitative estimate of drug-likeness (QED) is 0.581. The van der Waals surface area contributed by atoms with Gasteiger partial charge in [0.1, 0.15) is 5.40 Å². The summed E-state index contributed by atoms with van der Waals surface area (Å²) >= 11 is 0.899. The lowest BCUT2D eigenvalue weighted by Gasteiger charge is -2.32. The van der Waals surface area contributed by atoms with Gasteiger partial charge in [0.25, 0.3) is 11.5 Å². The van der Waals surface area contributed by atoms with Crippen LogP contribution in [0.4, 0.5) is 8.78 Å². The summed E-state index contributed by atoms with van der Waals surface area (Å²) in [5, 5.41) is 10.8. The Balaban J connectivity index is 1.64. The van der Waals surface area contributed by atoms with Crippen molar-refractivity contribution in [2.24, 2.45) is 0 Å². The van der Waals surface area contributed by atoms with Gasteiger partial charge in [-0.25, -0.2) is 8.78 Å². The number of alkyl halides is 2. The van der Waals surface area contributed by atoms with Gasteiger partial charge in [0, 0.05) is 25.7 Å². The van der Waals surface area contributed by atoms with Crippen molar-refractivity contribution >= 4 is 11.8 Å². The van der Waals surface area contributed by atoms with Gasteiger partial charge in [-0.05, 0) is 61.5 Å². The third-order valence-corrected chi connectivity index (χ3v) is 5.23. The van der Waals surface area contributed by atoms with Gasteiger partial charge in [-0.3, -0.25) is 9.69 Å². The lowest BCUT2D eigenvalue weighted by atomic mass is 10.1. The molecule has 0 bridgehead atoms. The molecule has 1 saturated heterocycles. The lowest BCUT2D eigenvalue weighted by molar-refractivity contribution is -0.0641. The number of rotatable bonds is 6. The molecule has 1 aliphatic heterocycles. The molecule has 2 fully saturated rings. The molecule has 0 amide bonds. The van der Waals surface area contributed by atoms with Crippen LogP contribution >= 0.6 is 11.8 Å². The predicted octanol–water partition coefficient (Wildman–Crippen LogP) is 3.42. The van der Waals surface area contributed by atoms with E-state index in [4.69, 9.17) is 5.26 Å². The number of hydrogen-bond acceptors (Lipinski definition) is 4. The van der Waals surface area contributed by atoms with Crippen LogP contribution < -0.4 is 5.56 Å². The molecule has 130 valence electrons. The summed E-state index contributed by atoms with van der Waals surface area (Å²) in [5.74, 6) is -2.09. The fraction of sp³-hybridized carbons (Fsp3) is 0.647. The largest absolute Gasteiger partial charge is 0.314 e. The SMILES string of the molecule is N#CSc1cc(C2CC2)cn(CCCN2CCCC(F)(F)C2)c1=O. The highest BCUT2D eigenvalue weighted by Crippen LogP contribution is 2.40. The summed E-state index contributed by atoms with van der Waals surface area (Å²) in [6.07, 6.45) is 5.27. The molecular weight excluding hydrogens is 332 g/mol. The molecule has 1 aromatic heterocycles. The van der Waals surface area contributed by atoms with E-state index >= 15 is 0 Å². The van der Waals surface area contributed by atoms with E-state index in [1.165, 1.54) is 0 Å². The first-order valence-corrected chi connectivity index (χ1v) is 9.21. The van der Waals surface area contributed by atoms with Crippen LogP contribution in [0.25, 0.3) is 0 Å². The van der Waals surface area contributed by atoms with Crippen molar-refractivity contribution < 1.29 is 8.78 Å². The minimum absolute atomic E-state index is 0.0267. The van der Waals surface area contributed by atoms with E-state index in [1.54, 1.807) is 9.47 Å². The standard InChI is InChI=1S/C17H21F2N3OS/c18-17(19)5-1-6-21(11-17)7-2-8-22-10-14(13-3-4-13)9-15(16(22)23)24-12-20/h9-10,13H,1-8,11H2. The normalized spacial score (nSPS) is 20.7.